The minimum absolute atomic E-state index is 0.212. The summed E-state index contributed by atoms with van der Waals surface area (Å²) in [7, 11) is 1.57. The molecule has 0 aliphatic heterocycles. The first kappa shape index (κ1) is 10.9. The molecule has 0 bridgehead atoms. The van der Waals surface area contributed by atoms with Crippen molar-refractivity contribution in [3.8, 4) is 5.75 Å². The van der Waals surface area contributed by atoms with E-state index in [1.807, 2.05) is 6.07 Å². The first-order chi connectivity index (χ1) is 7.20. The second-order valence-electron chi connectivity index (χ2n) is 3.98. The van der Waals surface area contributed by atoms with Gasteiger partial charge < -0.3 is 4.74 Å². The normalized spacial score (nSPS) is 25.5. The quantitative estimate of drug-likeness (QED) is 0.743. The molecule has 0 N–H and O–H groups in total. The predicted octanol–water partition coefficient (Wildman–Crippen LogP) is 3.87. The minimum Gasteiger partial charge on any atom is -0.497 e. The summed E-state index contributed by atoms with van der Waals surface area (Å²) in [5.41, 5.74) is 1.05. The lowest BCUT2D eigenvalue weighted by atomic mass is 9.97. The Morgan fingerprint density at radius 3 is 2.73 bits per heavy atom. The standard InChI is InChI=1S/C12H14BrFO/c1-15-10-6-8(5-9(14)7-10)11-3-2-4-12(11)13/h5-7,11-12H,2-4H2,1H3. The molecular formula is C12H14BrFO. The van der Waals surface area contributed by atoms with Crippen LogP contribution in [0.2, 0.25) is 0 Å². The van der Waals surface area contributed by atoms with E-state index in [2.05, 4.69) is 15.9 Å². The summed E-state index contributed by atoms with van der Waals surface area (Å²) in [4.78, 5) is 0.476. The van der Waals surface area contributed by atoms with Crippen LogP contribution in [0.3, 0.4) is 0 Å². The van der Waals surface area contributed by atoms with Gasteiger partial charge in [-0.15, -0.1) is 0 Å². The number of hydrogen-bond acceptors (Lipinski definition) is 1. The van der Waals surface area contributed by atoms with Crippen molar-refractivity contribution in [2.45, 2.75) is 30.0 Å². The molecule has 1 nitrogen and oxygen atoms in total. The van der Waals surface area contributed by atoms with Crippen molar-refractivity contribution < 1.29 is 9.13 Å². The van der Waals surface area contributed by atoms with E-state index in [-0.39, 0.29) is 5.82 Å². The number of alkyl halides is 1. The lowest BCUT2D eigenvalue weighted by Crippen LogP contribution is -2.05. The number of rotatable bonds is 2. The van der Waals surface area contributed by atoms with Gasteiger partial charge in [0.1, 0.15) is 11.6 Å². The van der Waals surface area contributed by atoms with Crippen molar-refractivity contribution in [1.29, 1.82) is 0 Å². The highest BCUT2D eigenvalue weighted by atomic mass is 79.9. The number of benzene rings is 1. The smallest absolute Gasteiger partial charge is 0.127 e. The van der Waals surface area contributed by atoms with Gasteiger partial charge in [-0.25, -0.2) is 4.39 Å². The van der Waals surface area contributed by atoms with Crippen LogP contribution in [0.5, 0.6) is 5.75 Å². The molecule has 0 saturated heterocycles. The van der Waals surface area contributed by atoms with E-state index in [9.17, 15) is 4.39 Å². The number of halogens is 2. The van der Waals surface area contributed by atoms with Gasteiger partial charge in [-0.1, -0.05) is 22.4 Å². The summed E-state index contributed by atoms with van der Waals surface area (Å²) in [6, 6.07) is 4.97. The fourth-order valence-corrected chi connectivity index (χ4v) is 3.10. The predicted molar refractivity (Wildman–Crippen MR) is 62.3 cm³/mol. The molecule has 0 spiro atoms. The average Bonchev–Trinajstić information content (AvgIpc) is 2.63. The number of methoxy groups -OCH3 is 1. The topological polar surface area (TPSA) is 9.23 Å². The molecule has 1 aliphatic rings. The van der Waals surface area contributed by atoms with E-state index in [4.69, 9.17) is 4.74 Å². The van der Waals surface area contributed by atoms with Crippen LogP contribution in [0.4, 0.5) is 4.39 Å². The van der Waals surface area contributed by atoms with Gasteiger partial charge in [-0.3, -0.25) is 0 Å². The Hall–Kier alpha value is -0.570. The Morgan fingerprint density at radius 2 is 2.13 bits per heavy atom. The van der Waals surface area contributed by atoms with Crippen LogP contribution in [-0.2, 0) is 0 Å². The Labute approximate surface area is 97.8 Å². The first-order valence-corrected chi connectivity index (χ1v) is 6.11. The van der Waals surface area contributed by atoms with Gasteiger partial charge in [0.25, 0.3) is 0 Å². The van der Waals surface area contributed by atoms with E-state index in [1.54, 1.807) is 13.2 Å². The molecule has 3 heteroatoms. The SMILES string of the molecule is COc1cc(F)cc(C2CCCC2Br)c1. The van der Waals surface area contributed by atoms with E-state index in [1.165, 1.54) is 18.9 Å². The molecule has 0 radical (unpaired) electrons. The molecule has 0 amide bonds. The molecular weight excluding hydrogens is 259 g/mol. The summed E-state index contributed by atoms with van der Waals surface area (Å²) < 4.78 is 18.4. The maximum atomic E-state index is 13.3. The first-order valence-electron chi connectivity index (χ1n) is 5.19. The van der Waals surface area contributed by atoms with Crippen LogP contribution < -0.4 is 4.74 Å². The average molecular weight is 273 g/mol. The van der Waals surface area contributed by atoms with Crippen molar-refractivity contribution in [2.75, 3.05) is 7.11 Å². The molecule has 2 unspecified atom stereocenters. The highest BCUT2D eigenvalue weighted by molar-refractivity contribution is 9.09. The third-order valence-corrected chi connectivity index (χ3v) is 4.09. The molecule has 15 heavy (non-hydrogen) atoms. The van der Waals surface area contributed by atoms with E-state index in [0.717, 1.165) is 12.0 Å². The molecule has 2 rings (SSSR count). The summed E-state index contributed by atoms with van der Waals surface area (Å²) in [6.07, 6.45) is 3.51. The molecule has 1 aromatic carbocycles. The maximum Gasteiger partial charge on any atom is 0.127 e. The van der Waals surface area contributed by atoms with Crippen molar-refractivity contribution >= 4 is 15.9 Å². The lowest BCUT2D eigenvalue weighted by molar-refractivity contribution is 0.410. The third-order valence-electron chi connectivity index (χ3n) is 2.99. The summed E-state index contributed by atoms with van der Waals surface area (Å²) >= 11 is 3.65. The molecule has 1 aromatic rings. The fraction of sp³-hybridized carbons (Fsp3) is 0.500. The summed E-state index contributed by atoms with van der Waals surface area (Å²) in [5, 5.41) is 0. The fourth-order valence-electron chi connectivity index (χ4n) is 2.21. The van der Waals surface area contributed by atoms with Crippen LogP contribution in [0, 0.1) is 5.82 Å². The van der Waals surface area contributed by atoms with Crippen LogP contribution in [-0.4, -0.2) is 11.9 Å². The maximum absolute atomic E-state index is 13.3. The molecule has 82 valence electrons. The third kappa shape index (κ3) is 2.33. The van der Waals surface area contributed by atoms with Crippen molar-refractivity contribution in [1.82, 2.24) is 0 Å². The lowest BCUT2D eigenvalue weighted by Gasteiger charge is -2.15. The van der Waals surface area contributed by atoms with Gasteiger partial charge in [0.2, 0.25) is 0 Å². The van der Waals surface area contributed by atoms with Crippen LogP contribution in [0.1, 0.15) is 30.7 Å². The van der Waals surface area contributed by atoms with E-state index >= 15 is 0 Å². The number of hydrogen-bond donors (Lipinski definition) is 0. The van der Waals surface area contributed by atoms with Gasteiger partial charge in [-0.2, -0.15) is 0 Å². The molecule has 2 atom stereocenters. The van der Waals surface area contributed by atoms with Gasteiger partial charge in [0.15, 0.2) is 0 Å². The van der Waals surface area contributed by atoms with Crippen molar-refractivity contribution in [3.05, 3.63) is 29.6 Å². The highest BCUT2D eigenvalue weighted by Gasteiger charge is 2.26. The number of ether oxygens (including phenoxy) is 1. The highest BCUT2D eigenvalue weighted by Crippen LogP contribution is 2.40. The molecule has 0 aromatic heterocycles. The Bertz CT molecular complexity index is 353. The zero-order chi connectivity index (χ0) is 10.8. The summed E-state index contributed by atoms with van der Waals surface area (Å²) in [6.45, 7) is 0. The van der Waals surface area contributed by atoms with Crippen LogP contribution in [0.25, 0.3) is 0 Å². The Balaban J connectivity index is 2.30. The minimum atomic E-state index is -0.212. The zero-order valence-corrected chi connectivity index (χ0v) is 10.3. The van der Waals surface area contributed by atoms with Gasteiger partial charge in [-0.05, 0) is 36.5 Å². The molecule has 0 heterocycles. The molecule has 1 fully saturated rings. The van der Waals surface area contributed by atoms with Gasteiger partial charge in [0.05, 0.1) is 7.11 Å². The van der Waals surface area contributed by atoms with E-state index in [0.29, 0.717) is 16.5 Å². The van der Waals surface area contributed by atoms with Crippen molar-refractivity contribution in [3.63, 3.8) is 0 Å². The van der Waals surface area contributed by atoms with Gasteiger partial charge >= 0.3 is 0 Å². The van der Waals surface area contributed by atoms with Crippen molar-refractivity contribution in [2.24, 2.45) is 0 Å². The summed E-state index contributed by atoms with van der Waals surface area (Å²) in [5.74, 6) is 0.821. The van der Waals surface area contributed by atoms with Crippen LogP contribution in [0.15, 0.2) is 18.2 Å². The van der Waals surface area contributed by atoms with Gasteiger partial charge in [0, 0.05) is 10.9 Å². The Kier molecular flexibility index (Phi) is 3.29. The molecule has 1 aliphatic carbocycles. The molecule has 1 saturated carbocycles. The zero-order valence-electron chi connectivity index (χ0n) is 8.67. The monoisotopic (exact) mass is 272 g/mol. The largest absolute Gasteiger partial charge is 0.497 e. The second kappa shape index (κ2) is 4.52. The van der Waals surface area contributed by atoms with E-state index < -0.39 is 0 Å². The Morgan fingerprint density at radius 1 is 1.33 bits per heavy atom. The second-order valence-corrected chi connectivity index (χ2v) is 5.15. The van der Waals surface area contributed by atoms with Crippen LogP contribution >= 0.6 is 15.9 Å².